The summed E-state index contributed by atoms with van der Waals surface area (Å²) in [6.07, 6.45) is 0.914. The summed E-state index contributed by atoms with van der Waals surface area (Å²) in [5, 5.41) is 7.51. The van der Waals surface area contributed by atoms with Crippen molar-refractivity contribution in [3.8, 4) is 17.1 Å². The number of nitrogens with zero attached hydrogens (tertiary/aromatic N) is 2. The molecule has 0 saturated carbocycles. The molecular weight excluding hydrogens is 353 g/mol. The van der Waals surface area contributed by atoms with Crippen LogP contribution in [0.1, 0.15) is 23.7 Å². The number of ketones is 1. The van der Waals surface area contributed by atoms with Gasteiger partial charge in [-0.05, 0) is 42.8 Å². The van der Waals surface area contributed by atoms with Crippen LogP contribution in [0.5, 0.6) is 5.75 Å². The van der Waals surface area contributed by atoms with E-state index in [-0.39, 0.29) is 17.4 Å². The number of ether oxygens (including phenoxy) is 1. The van der Waals surface area contributed by atoms with E-state index < -0.39 is 0 Å². The summed E-state index contributed by atoms with van der Waals surface area (Å²) in [6, 6.07) is 13.1. The molecule has 0 fully saturated rings. The molecule has 134 valence electrons. The van der Waals surface area contributed by atoms with Crippen LogP contribution in [0.15, 0.2) is 53.7 Å². The van der Waals surface area contributed by atoms with Crippen molar-refractivity contribution >= 4 is 17.5 Å². The number of aromatic nitrogens is 3. The molecule has 0 aliphatic heterocycles. The van der Waals surface area contributed by atoms with Gasteiger partial charge in [0.15, 0.2) is 11.6 Å². The SMILES string of the molecule is CCCOc1ccccc1-c1nc(SCC(=O)c2ccc(F)cc2)n[nH]1. The van der Waals surface area contributed by atoms with Crippen molar-refractivity contribution in [1.29, 1.82) is 0 Å². The standard InChI is InChI=1S/C19H18FN3O2S/c1-2-11-25-17-6-4-3-5-15(17)18-21-19(23-22-18)26-12-16(24)13-7-9-14(20)10-8-13/h3-10H,2,11-12H2,1H3,(H,21,22,23). The highest BCUT2D eigenvalue weighted by Gasteiger charge is 2.13. The largest absolute Gasteiger partial charge is 0.493 e. The Bertz CT molecular complexity index is 881. The van der Waals surface area contributed by atoms with Crippen LogP contribution < -0.4 is 4.74 Å². The van der Waals surface area contributed by atoms with Gasteiger partial charge >= 0.3 is 0 Å². The molecule has 2 aromatic carbocycles. The van der Waals surface area contributed by atoms with Gasteiger partial charge in [0.05, 0.1) is 17.9 Å². The summed E-state index contributed by atoms with van der Waals surface area (Å²) in [6.45, 7) is 2.67. The van der Waals surface area contributed by atoms with E-state index >= 15 is 0 Å². The molecule has 0 amide bonds. The first-order chi connectivity index (χ1) is 12.7. The molecule has 0 spiro atoms. The van der Waals surface area contributed by atoms with Crippen LogP contribution in [0.3, 0.4) is 0 Å². The zero-order valence-electron chi connectivity index (χ0n) is 14.2. The Hall–Kier alpha value is -2.67. The van der Waals surface area contributed by atoms with Crippen molar-refractivity contribution in [2.45, 2.75) is 18.5 Å². The number of H-pyrrole nitrogens is 1. The lowest BCUT2D eigenvalue weighted by Gasteiger charge is -2.08. The Labute approximate surface area is 155 Å². The van der Waals surface area contributed by atoms with Gasteiger partial charge in [-0.1, -0.05) is 30.8 Å². The summed E-state index contributed by atoms with van der Waals surface area (Å²) in [5.41, 5.74) is 1.29. The molecule has 0 radical (unpaired) electrons. The summed E-state index contributed by atoms with van der Waals surface area (Å²) in [7, 11) is 0. The van der Waals surface area contributed by atoms with Gasteiger partial charge in [-0.15, -0.1) is 5.10 Å². The summed E-state index contributed by atoms with van der Waals surface area (Å²) >= 11 is 1.23. The van der Waals surface area contributed by atoms with Crippen molar-refractivity contribution in [2.75, 3.05) is 12.4 Å². The van der Waals surface area contributed by atoms with Crippen LogP contribution in [0.4, 0.5) is 4.39 Å². The van der Waals surface area contributed by atoms with Crippen LogP contribution in [-0.2, 0) is 0 Å². The number of Topliss-reactive ketones (excluding diaryl/α,β-unsaturated/α-hetero) is 1. The lowest BCUT2D eigenvalue weighted by molar-refractivity contribution is 0.102. The molecule has 1 N–H and O–H groups in total. The number of benzene rings is 2. The quantitative estimate of drug-likeness (QED) is 0.470. The Morgan fingerprint density at radius 3 is 2.73 bits per heavy atom. The Kier molecular flexibility index (Phi) is 6.01. The minimum Gasteiger partial charge on any atom is -0.493 e. The predicted molar refractivity (Wildman–Crippen MR) is 99.1 cm³/mol. The minimum absolute atomic E-state index is 0.104. The number of aromatic amines is 1. The van der Waals surface area contributed by atoms with Crippen LogP contribution in [0.25, 0.3) is 11.4 Å². The number of rotatable bonds is 8. The number of carbonyl (C=O) groups excluding carboxylic acids is 1. The highest BCUT2D eigenvalue weighted by atomic mass is 32.2. The maximum Gasteiger partial charge on any atom is 0.209 e. The van der Waals surface area contributed by atoms with Gasteiger partial charge in [0.25, 0.3) is 0 Å². The predicted octanol–water partition coefficient (Wildman–Crippen LogP) is 4.37. The normalized spacial score (nSPS) is 10.7. The number of para-hydroxylation sites is 1. The average molecular weight is 371 g/mol. The number of carbonyl (C=O) groups is 1. The van der Waals surface area contributed by atoms with Gasteiger partial charge in [0.1, 0.15) is 11.6 Å². The first-order valence-electron chi connectivity index (χ1n) is 8.23. The van der Waals surface area contributed by atoms with Crippen molar-refractivity contribution < 1.29 is 13.9 Å². The molecule has 7 heteroatoms. The van der Waals surface area contributed by atoms with E-state index in [1.165, 1.54) is 36.0 Å². The molecule has 1 heterocycles. The maximum absolute atomic E-state index is 12.9. The molecular formula is C19H18FN3O2S. The van der Waals surface area contributed by atoms with Crippen LogP contribution >= 0.6 is 11.8 Å². The van der Waals surface area contributed by atoms with Crippen molar-refractivity contribution in [3.63, 3.8) is 0 Å². The zero-order valence-corrected chi connectivity index (χ0v) is 15.1. The molecule has 3 aromatic rings. The lowest BCUT2D eigenvalue weighted by atomic mass is 10.1. The van der Waals surface area contributed by atoms with Gasteiger partial charge in [0, 0.05) is 5.56 Å². The molecule has 0 aliphatic rings. The number of nitrogens with one attached hydrogen (secondary N) is 1. The smallest absolute Gasteiger partial charge is 0.209 e. The topological polar surface area (TPSA) is 67.9 Å². The van der Waals surface area contributed by atoms with Crippen LogP contribution in [0, 0.1) is 5.82 Å². The van der Waals surface area contributed by atoms with Crippen molar-refractivity contribution in [3.05, 3.63) is 59.9 Å². The number of halogens is 1. The van der Waals surface area contributed by atoms with E-state index in [1.54, 1.807) is 0 Å². The molecule has 1 aromatic heterocycles. The Morgan fingerprint density at radius 1 is 1.19 bits per heavy atom. The minimum atomic E-state index is -0.364. The average Bonchev–Trinajstić information content (AvgIpc) is 3.14. The van der Waals surface area contributed by atoms with Gasteiger partial charge in [0.2, 0.25) is 5.16 Å². The zero-order chi connectivity index (χ0) is 18.4. The van der Waals surface area contributed by atoms with E-state index in [2.05, 4.69) is 15.2 Å². The molecule has 0 saturated heterocycles. The molecule has 0 bridgehead atoms. The fourth-order valence-electron chi connectivity index (χ4n) is 2.28. The van der Waals surface area contributed by atoms with E-state index in [9.17, 15) is 9.18 Å². The summed E-state index contributed by atoms with van der Waals surface area (Å²) < 4.78 is 18.7. The maximum atomic E-state index is 12.9. The fourth-order valence-corrected chi connectivity index (χ4v) is 2.97. The van der Waals surface area contributed by atoms with Crippen LogP contribution in [-0.4, -0.2) is 33.3 Å². The molecule has 0 unspecified atom stereocenters. The lowest BCUT2D eigenvalue weighted by Crippen LogP contribution is -2.02. The highest BCUT2D eigenvalue weighted by Crippen LogP contribution is 2.28. The van der Waals surface area contributed by atoms with Crippen LogP contribution in [0.2, 0.25) is 0 Å². The highest BCUT2D eigenvalue weighted by molar-refractivity contribution is 7.99. The molecule has 0 aliphatic carbocycles. The third-order valence-electron chi connectivity index (χ3n) is 3.57. The second-order valence-electron chi connectivity index (χ2n) is 5.53. The molecule has 0 atom stereocenters. The summed E-state index contributed by atoms with van der Waals surface area (Å²) in [5.74, 6) is 1.04. The third kappa shape index (κ3) is 4.49. The second-order valence-corrected chi connectivity index (χ2v) is 6.47. The Morgan fingerprint density at radius 2 is 1.96 bits per heavy atom. The second kappa shape index (κ2) is 8.62. The van der Waals surface area contributed by atoms with Gasteiger partial charge in [-0.3, -0.25) is 9.89 Å². The molecule has 3 rings (SSSR count). The first-order valence-corrected chi connectivity index (χ1v) is 9.22. The van der Waals surface area contributed by atoms with Crippen molar-refractivity contribution in [2.24, 2.45) is 0 Å². The van der Waals surface area contributed by atoms with Gasteiger partial charge < -0.3 is 4.74 Å². The monoisotopic (exact) mass is 371 g/mol. The Balaban J connectivity index is 1.67. The van der Waals surface area contributed by atoms with E-state index in [0.29, 0.717) is 23.2 Å². The fraction of sp³-hybridized carbons (Fsp3) is 0.211. The number of hydrogen-bond donors (Lipinski definition) is 1. The number of thioether (sulfide) groups is 1. The van der Waals surface area contributed by atoms with E-state index in [0.717, 1.165) is 17.7 Å². The number of hydrogen-bond acceptors (Lipinski definition) is 5. The van der Waals surface area contributed by atoms with Crippen molar-refractivity contribution in [1.82, 2.24) is 15.2 Å². The molecule has 26 heavy (non-hydrogen) atoms. The van der Waals surface area contributed by atoms with E-state index in [4.69, 9.17) is 4.74 Å². The summed E-state index contributed by atoms with van der Waals surface area (Å²) in [4.78, 5) is 16.6. The van der Waals surface area contributed by atoms with Gasteiger partial charge in [-0.2, -0.15) is 0 Å². The van der Waals surface area contributed by atoms with E-state index in [1.807, 2.05) is 31.2 Å². The molecule has 5 nitrogen and oxygen atoms in total. The third-order valence-corrected chi connectivity index (χ3v) is 4.41. The first kappa shape index (κ1) is 18.1. The van der Waals surface area contributed by atoms with Gasteiger partial charge in [-0.25, -0.2) is 9.37 Å².